The summed E-state index contributed by atoms with van der Waals surface area (Å²) < 4.78 is 5.41. The third kappa shape index (κ3) is 2.98. The van der Waals surface area contributed by atoms with Gasteiger partial charge in [0.15, 0.2) is 0 Å². The average molecular weight is 309 g/mol. The lowest BCUT2D eigenvalue weighted by atomic mass is 9.78. The lowest BCUT2D eigenvalue weighted by molar-refractivity contribution is -0.148. The minimum Gasteiger partial charge on any atom is -0.381 e. The summed E-state index contributed by atoms with van der Waals surface area (Å²) in [5, 5.41) is 3.16. The van der Waals surface area contributed by atoms with Crippen molar-refractivity contribution in [2.75, 3.05) is 32.8 Å². The quantitative estimate of drug-likeness (QED) is 0.921. The van der Waals surface area contributed by atoms with E-state index < -0.39 is 5.41 Å². The highest BCUT2D eigenvalue weighted by Crippen LogP contribution is 2.35. The van der Waals surface area contributed by atoms with Gasteiger partial charge >= 0.3 is 0 Å². The molecule has 21 heavy (non-hydrogen) atoms. The summed E-state index contributed by atoms with van der Waals surface area (Å²) in [6, 6.07) is 0. The molecule has 0 bridgehead atoms. The second kappa shape index (κ2) is 6.42. The SMILES string of the molecule is NCC1(C(=O)N2CCCC(c3nccs3)C2)CCOCC1. The summed E-state index contributed by atoms with van der Waals surface area (Å²) in [4.78, 5) is 19.4. The zero-order valence-corrected chi connectivity index (χ0v) is 13.1. The third-order valence-corrected chi connectivity index (χ3v) is 5.74. The Bertz CT molecular complexity index is 471. The molecule has 1 atom stereocenters. The van der Waals surface area contributed by atoms with Crippen molar-refractivity contribution in [2.24, 2.45) is 11.1 Å². The van der Waals surface area contributed by atoms with Crippen LogP contribution >= 0.6 is 11.3 Å². The van der Waals surface area contributed by atoms with E-state index in [2.05, 4.69) is 4.98 Å². The van der Waals surface area contributed by atoms with Crippen molar-refractivity contribution in [1.82, 2.24) is 9.88 Å². The zero-order valence-electron chi connectivity index (χ0n) is 12.3. The number of piperidine rings is 1. The number of thiazole rings is 1. The monoisotopic (exact) mass is 309 g/mol. The second-order valence-corrected chi connectivity index (χ2v) is 6.98. The molecular weight excluding hydrogens is 286 g/mol. The van der Waals surface area contributed by atoms with Gasteiger partial charge in [0.25, 0.3) is 0 Å². The van der Waals surface area contributed by atoms with E-state index in [1.807, 2.05) is 16.5 Å². The molecule has 1 aromatic rings. The second-order valence-electron chi connectivity index (χ2n) is 6.06. The topological polar surface area (TPSA) is 68.5 Å². The Morgan fingerprint density at radius 2 is 2.33 bits per heavy atom. The molecule has 2 aliphatic heterocycles. The summed E-state index contributed by atoms with van der Waals surface area (Å²) >= 11 is 1.69. The van der Waals surface area contributed by atoms with Gasteiger partial charge < -0.3 is 15.4 Å². The first-order chi connectivity index (χ1) is 10.2. The van der Waals surface area contributed by atoms with Gasteiger partial charge in [-0.3, -0.25) is 4.79 Å². The van der Waals surface area contributed by atoms with Gasteiger partial charge in [0.1, 0.15) is 0 Å². The van der Waals surface area contributed by atoms with Crippen LogP contribution in [0.3, 0.4) is 0 Å². The van der Waals surface area contributed by atoms with E-state index in [-0.39, 0.29) is 5.91 Å². The fraction of sp³-hybridized carbons (Fsp3) is 0.733. The number of ether oxygens (including phenoxy) is 1. The molecule has 1 unspecified atom stereocenters. The van der Waals surface area contributed by atoms with Crippen molar-refractivity contribution in [1.29, 1.82) is 0 Å². The molecule has 6 heteroatoms. The van der Waals surface area contributed by atoms with Gasteiger partial charge in [0.2, 0.25) is 5.91 Å². The predicted molar refractivity (Wildman–Crippen MR) is 82.2 cm³/mol. The third-order valence-electron chi connectivity index (χ3n) is 4.80. The van der Waals surface area contributed by atoms with E-state index in [1.54, 1.807) is 11.3 Å². The first-order valence-corrected chi connectivity index (χ1v) is 8.60. The molecule has 5 nitrogen and oxygen atoms in total. The van der Waals surface area contributed by atoms with E-state index >= 15 is 0 Å². The van der Waals surface area contributed by atoms with Crippen LogP contribution in [-0.4, -0.2) is 48.6 Å². The fourth-order valence-electron chi connectivity index (χ4n) is 3.40. The van der Waals surface area contributed by atoms with Crippen LogP contribution in [-0.2, 0) is 9.53 Å². The van der Waals surface area contributed by atoms with Gasteiger partial charge in [0, 0.05) is 50.3 Å². The molecule has 0 spiro atoms. The normalized spacial score (nSPS) is 25.8. The van der Waals surface area contributed by atoms with E-state index in [4.69, 9.17) is 10.5 Å². The Balaban J connectivity index is 1.71. The highest BCUT2D eigenvalue weighted by molar-refractivity contribution is 7.09. The van der Waals surface area contributed by atoms with E-state index in [0.717, 1.165) is 43.8 Å². The summed E-state index contributed by atoms with van der Waals surface area (Å²) in [5.41, 5.74) is 5.56. The number of nitrogens with zero attached hydrogens (tertiary/aromatic N) is 2. The number of likely N-dealkylation sites (tertiary alicyclic amines) is 1. The van der Waals surface area contributed by atoms with Gasteiger partial charge in [-0.1, -0.05) is 0 Å². The summed E-state index contributed by atoms with van der Waals surface area (Å²) in [6.07, 6.45) is 5.52. The minimum atomic E-state index is -0.400. The number of rotatable bonds is 3. The number of carbonyl (C=O) groups excluding carboxylic acids is 1. The molecule has 2 N–H and O–H groups in total. The van der Waals surface area contributed by atoms with Crippen LogP contribution in [0.1, 0.15) is 36.6 Å². The van der Waals surface area contributed by atoms with Crippen LogP contribution in [0.5, 0.6) is 0 Å². The summed E-state index contributed by atoms with van der Waals surface area (Å²) in [5.74, 6) is 0.618. The highest BCUT2D eigenvalue weighted by atomic mass is 32.1. The maximum Gasteiger partial charge on any atom is 0.230 e. The molecule has 2 saturated heterocycles. The maximum absolute atomic E-state index is 13.0. The molecule has 3 heterocycles. The molecule has 116 valence electrons. The van der Waals surface area contributed by atoms with Gasteiger partial charge in [-0.25, -0.2) is 4.98 Å². The zero-order chi connectivity index (χ0) is 14.7. The predicted octanol–water partition coefficient (Wildman–Crippen LogP) is 1.60. The van der Waals surface area contributed by atoms with E-state index in [1.165, 1.54) is 0 Å². The standard InChI is InChI=1S/C15H23N3O2S/c16-11-15(3-7-20-8-4-15)14(19)18-6-1-2-12(10-18)13-17-5-9-21-13/h5,9,12H,1-4,6-8,10-11,16H2. The van der Waals surface area contributed by atoms with Crippen molar-refractivity contribution in [2.45, 2.75) is 31.6 Å². The minimum absolute atomic E-state index is 0.231. The van der Waals surface area contributed by atoms with E-state index in [0.29, 0.717) is 25.7 Å². The number of hydrogen-bond acceptors (Lipinski definition) is 5. The molecule has 0 radical (unpaired) electrons. The molecule has 2 aliphatic rings. The van der Waals surface area contributed by atoms with Gasteiger partial charge in [0.05, 0.1) is 10.4 Å². The van der Waals surface area contributed by atoms with Crippen molar-refractivity contribution in [3.8, 4) is 0 Å². The van der Waals surface area contributed by atoms with E-state index in [9.17, 15) is 4.79 Å². The Kier molecular flexibility index (Phi) is 4.57. The van der Waals surface area contributed by atoms with Crippen LogP contribution in [0.25, 0.3) is 0 Å². The first-order valence-electron chi connectivity index (χ1n) is 7.72. The lowest BCUT2D eigenvalue weighted by Crippen LogP contribution is -2.53. The molecule has 1 aromatic heterocycles. The largest absolute Gasteiger partial charge is 0.381 e. The van der Waals surface area contributed by atoms with Crippen molar-refractivity contribution < 1.29 is 9.53 Å². The Morgan fingerprint density at radius 1 is 1.52 bits per heavy atom. The molecule has 0 aliphatic carbocycles. The van der Waals surface area contributed by atoms with Crippen molar-refractivity contribution in [3.63, 3.8) is 0 Å². The van der Waals surface area contributed by atoms with Crippen LogP contribution in [0.2, 0.25) is 0 Å². The number of aromatic nitrogens is 1. The molecular formula is C15H23N3O2S. The number of carbonyl (C=O) groups is 1. The number of amides is 1. The van der Waals surface area contributed by atoms with Gasteiger partial charge in [-0.2, -0.15) is 0 Å². The first kappa shape index (κ1) is 14.9. The van der Waals surface area contributed by atoms with Crippen LogP contribution < -0.4 is 5.73 Å². The van der Waals surface area contributed by atoms with Crippen LogP contribution in [0.15, 0.2) is 11.6 Å². The van der Waals surface area contributed by atoms with Gasteiger partial charge in [-0.15, -0.1) is 11.3 Å². The Morgan fingerprint density at radius 3 is 3.00 bits per heavy atom. The average Bonchev–Trinajstić information content (AvgIpc) is 3.09. The number of nitrogens with two attached hydrogens (primary N) is 1. The molecule has 1 amide bonds. The van der Waals surface area contributed by atoms with Crippen molar-refractivity contribution in [3.05, 3.63) is 16.6 Å². The van der Waals surface area contributed by atoms with Crippen LogP contribution in [0, 0.1) is 5.41 Å². The number of hydrogen-bond donors (Lipinski definition) is 1. The lowest BCUT2D eigenvalue weighted by Gasteiger charge is -2.41. The highest BCUT2D eigenvalue weighted by Gasteiger charge is 2.42. The fourth-order valence-corrected chi connectivity index (χ4v) is 4.17. The molecule has 0 aromatic carbocycles. The summed E-state index contributed by atoms with van der Waals surface area (Å²) in [6.45, 7) is 3.35. The maximum atomic E-state index is 13.0. The van der Waals surface area contributed by atoms with Gasteiger partial charge in [-0.05, 0) is 25.7 Å². The van der Waals surface area contributed by atoms with Crippen LogP contribution in [0.4, 0.5) is 0 Å². The Labute approximate surface area is 129 Å². The molecule has 3 rings (SSSR count). The smallest absolute Gasteiger partial charge is 0.230 e. The molecule has 0 saturated carbocycles. The summed E-state index contributed by atoms with van der Waals surface area (Å²) in [7, 11) is 0. The van der Waals surface area contributed by atoms with Crippen molar-refractivity contribution >= 4 is 17.2 Å². The Hall–Kier alpha value is -0.980. The molecule has 2 fully saturated rings.